The van der Waals surface area contributed by atoms with Crippen LogP contribution >= 0.6 is 0 Å². The van der Waals surface area contributed by atoms with Gasteiger partial charge in [-0.15, -0.1) is 0 Å². The first-order valence-electron chi connectivity index (χ1n) is 42.5. The standard InChI is InChI=1S/C32H34N6O5.C31H33N5O5.C30H32N6O5/c1-18-34-25-9-7-19(15-27(25)42-18)23-17-33-29-28(23)30(43-22-5-3-4-6-22)37-32(36-29)35-24-10-8-20(16-26(24)41-2)31(40)38-13-11-21(39)12-14-38;1-18-34-24-11-10-19(14-26(24)40-18)23-17-33-29-28(23)31(41-22-6-3-4-7-22)36-27(35-29)16-20-8-9-21(15-25(20)39-2)30(38)32-12-5-13-37;1-16(37)14-32-28(38)19-9-11-22(24(13-19)39-3)34-30-35-27-26(29(36-30)41-20-6-4-5-7-20)21(15-31-27)18-8-10-23-25(12-18)40-17(2)33-23/h7-10,15-17,21-22,39H,3-6,11-14H2,1-2H3,(H2,33,35,36,37);8-11,14-15,17,22,37H,3-7,12-13,16H2,1-2H3,(H,32,38)(H,33,35,36);8-13,15-16,20,37H,4-7,14H2,1-3H3,(H,32,38)(H2,31,34,35,36)/t;;16-/m..1/s1. The molecular formula is C93H99N17O15. The number of aliphatic hydroxyl groups is 3. The summed E-state index contributed by atoms with van der Waals surface area (Å²) in [6, 6.07) is 33.4. The van der Waals surface area contributed by atoms with Crippen molar-refractivity contribution >= 4 is 107 Å². The Balaban J connectivity index is 0.000000133. The molecule has 15 aromatic rings. The summed E-state index contributed by atoms with van der Waals surface area (Å²) in [6.45, 7) is 8.76. The van der Waals surface area contributed by atoms with Crippen LogP contribution in [-0.4, -0.2) is 182 Å². The van der Waals surface area contributed by atoms with Gasteiger partial charge in [0, 0.05) is 118 Å². The van der Waals surface area contributed by atoms with Crippen molar-refractivity contribution in [3.63, 3.8) is 0 Å². The van der Waals surface area contributed by atoms with E-state index < -0.39 is 6.10 Å². The number of anilines is 4. The number of aromatic nitrogens is 12. The Hall–Kier alpha value is -13.7. The lowest BCUT2D eigenvalue weighted by Gasteiger charge is -2.29. The Morgan fingerprint density at radius 2 is 0.896 bits per heavy atom. The molecular weight excluding hydrogens is 1600 g/mol. The van der Waals surface area contributed by atoms with Crippen LogP contribution in [0.4, 0.5) is 23.3 Å². The predicted octanol–water partition coefficient (Wildman–Crippen LogP) is 16.1. The highest BCUT2D eigenvalue weighted by molar-refractivity contribution is 6.03. The molecule has 32 heteroatoms. The van der Waals surface area contributed by atoms with Gasteiger partial charge < -0.3 is 98.1 Å². The largest absolute Gasteiger partial charge is 0.496 e. The number of rotatable bonds is 26. The summed E-state index contributed by atoms with van der Waals surface area (Å²) in [7, 11) is 4.67. The van der Waals surface area contributed by atoms with Gasteiger partial charge in [0.2, 0.25) is 29.5 Å². The molecule has 32 nitrogen and oxygen atoms in total. The number of likely N-dealkylation sites (tertiary alicyclic amines) is 1. The van der Waals surface area contributed by atoms with Crippen LogP contribution in [0.1, 0.15) is 163 Å². The summed E-state index contributed by atoms with van der Waals surface area (Å²) in [5.74, 6) is 5.56. The fourth-order valence-electron chi connectivity index (χ4n) is 16.6. The predicted molar refractivity (Wildman–Crippen MR) is 471 cm³/mol. The molecule has 3 saturated carbocycles. The van der Waals surface area contributed by atoms with Crippen molar-refractivity contribution in [1.82, 2.24) is 75.3 Å². The van der Waals surface area contributed by atoms with Crippen LogP contribution in [-0.2, 0) is 6.42 Å². The van der Waals surface area contributed by atoms with Gasteiger partial charge in [0.15, 0.2) is 34.4 Å². The van der Waals surface area contributed by atoms with Crippen molar-refractivity contribution in [3.8, 4) is 68.3 Å². The molecule has 4 fully saturated rings. The number of hydrogen-bond donors (Lipinski definition) is 10. The Labute approximate surface area is 718 Å². The van der Waals surface area contributed by atoms with Gasteiger partial charge in [0.1, 0.15) is 74.9 Å². The second kappa shape index (κ2) is 37.2. The molecule has 3 aliphatic carbocycles. The lowest BCUT2D eigenvalue weighted by Crippen LogP contribution is -2.40. The zero-order valence-corrected chi connectivity index (χ0v) is 70.6. The molecule has 19 rings (SSSR count). The van der Waals surface area contributed by atoms with Crippen molar-refractivity contribution < 1.29 is 71.4 Å². The van der Waals surface area contributed by atoms with Crippen molar-refractivity contribution in [1.29, 1.82) is 0 Å². The van der Waals surface area contributed by atoms with Crippen molar-refractivity contribution in [2.75, 3.05) is 64.7 Å². The molecule has 646 valence electrons. The summed E-state index contributed by atoms with van der Waals surface area (Å²) in [5.41, 5.74) is 15.6. The third kappa shape index (κ3) is 18.8. The van der Waals surface area contributed by atoms with E-state index >= 15 is 0 Å². The van der Waals surface area contributed by atoms with Gasteiger partial charge in [-0.25, -0.2) is 19.9 Å². The molecule has 0 radical (unpaired) electrons. The average Bonchev–Trinajstić information content (AvgIpc) is 1.64. The number of methoxy groups -OCH3 is 3. The number of fused-ring (bicyclic) bond motifs is 6. The van der Waals surface area contributed by atoms with E-state index in [0.29, 0.717) is 172 Å². The number of oxazole rings is 3. The maximum atomic E-state index is 13.1. The summed E-state index contributed by atoms with van der Waals surface area (Å²) >= 11 is 0. The first kappa shape index (κ1) is 83.5. The Bertz CT molecular complexity index is 6440. The van der Waals surface area contributed by atoms with Gasteiger partial charge in [0.25, 0.3) is 17.7 Å². The summed E-state index contributed by atoms with van der Waals surface area (Å²) in [5, 5.41) is 42.7. The first-order valence-corrected chi connectivity index (χ1v) is 42.5. The Morgan fingerprint density at radius 1 is 0.488 bits per heavy atom. The molecule has 3 amide bonds. The number of nitrogens with one attached hydrogen (secondary N) is 7. The minimum Gasteiger partial charge on any atom is -0.496 e. The van der Waals surface area contributed by atoms with E-state index in [1.807, 2.05) is 100 Å². The number of aliphatic hydroxyl groups excluding tert-OH is 3. The second-order valence-electron chi connectivity index (χ2n) is 31.9. The number of amides is 3. The number of ether oxygens (including phenoxy) is 6. The van der Waals surface area contributed by atoms with Crippen molar-refractivity contribution in [2.24, 2.45) is 0 Å². The van der Waals surface area contributed by atoms with Crippen LogP contribution in [0.3, 0.4) is 0 Å². The van der Waals surface area contributed by atoms with Crippen LogP contribution in [0.5, 0.6) is 34.9 Å². The quantitative estimate of drug-likeness (QED) is 0.0225. The third-order valence-electron chi connectivity index (χ3n) is 22.9. The molecule has 6 aromatic carbocycles. The number of nitrogens with zero attached hydrogens (tertiary/aromatic N) is 10. The molecule has 1 saturated heterocycles. The molecule has 125 heavy (non-hydrogen) atoms. The Morgan fingerprint density at radius 3 is 1.34 bits per heavy atom. The molecule has 10 heterocycles. The second-order valence-corrected chi connectivity index (χ2v) is 31.9. The maximum Gasteiger partial charge on any atom is 0.253 e. The number of carbonyl (C=O) groups is 3. The highest BCUT2D eigenvalue weighted by Crippen LogP contribution is 2.44. The SMILES string of the molecule is COc1cc(C(=O)N2CCC(O)CC2)ccc1Nc1nc(OC2CCCC2)c2c(-c3ccc4nc(C)oc4c3)c[nH]c2n1.COc1cc(C(=O)NCCCO)ccc1Cc1nc(OC2CCCC2)c2c(-c3ccc4nc(C)oc4c3)c[nH]c2n1.COc1cc(C(=O)NC[C@@H](C)O)ccc1Nc1nc(OC2CCCC2)c2c(-c3ccc4nc(C)oc4c3)c[nH]c2n1. The van der Waals surface area contributed by atoms with E-state index in [-0.39, 0.29) is 55.3 Å². The molecule has 1 aliphatic heterocycles. The maximum absolute atomic E-state index is 13.1. The summed E-state index contributed by atoms with van der Waals surface area (Å²) in [4.78, 5) is 92.0. The van der Waals surface area contributed by atoms with Crippen molar-refractivity contribution in [2.45, 2.75) is 161 Å². The van der Waals surface area contributed by atoms with Gasteiger partial charge in [-0.05, 0) is 205 Å². The minimum absolute atomic E-state index is 0.0258. The van der Waals surface area contributed by atoms with Crippen LogP contribution < -0.4 is 49.7 Å². The van der Waals surface area contributed by atoms with Gasteiger partial charge in [-0.2, -0.15) is 24.9 Å². The molecule has 0 unspecified atom stereocenters. The monoisotopic (exact) mass is 1690 g/mol. The highest BCUT2D eigenvalue weighted by atomic mass is 16.5. The number of aryl methyl sites for hydroxylation is 3. The average molecular weight is 1690 g/mol. The molecule has 10 N–H and O–H groups in total. The molecule has 9 aromatic heterocycles. The number of piperidine rings is 1. The number of benzene rings is 6. The third-order valence-corrected chi connectivity index (χ3v) is 22.9. The molecule has 0 bridgehead atoms. The number of aromatic amines is 3. The summed E-state index contributed by atoms with van der Waals surface area (Å²) in [6.07, 6.45) is 19.8. The fraction of sp³-hybridized carbons (Fsp3) is 0.355. The fourth-order valence-corrected chi connectivity index (χ4v) is 16.6. The number of H-pyrrole nitrogens is 3. The van der Waals surface area contributed by atoms with E-state index in [4.69, 9.17) is 76.7 Å². The number of carbonyl (C=O) groups excluding carboxylic acids is 3. The van der Waals surface area contributed by atoms with Crippen LogP contribution in [0.15, 0.2) is 141 Å². The normalized spacial score (nSPS) is 14.8. The zero-order chi connectivity index (χ0) is 86.4. The van der Waals surface area contributed by atoms with E-state index in [0.717, 1.165) is 154 Å². The first-order chi connectivity index (χ1) is 60.8. The molecule has 0 spiro atoms. The highest BCUT2D eigenvalue weighted by Gasteiger charge is 2.30. The van der Waals surface area contributed by atoms with E-state index in [9.17, 15) is 24.6 Å². The Kier molecular flexibility index (Phi) is 24.8. The zero-order valence-electron chi connectivity index (χ0n) is 70.6. The topological polar surface area (TPSA) is 421 Å². The van der Waals surface area contributed by atoms with Gasteiger partial charge in [-0.1, -0.05) is 24.3 Å². The van der Waals surface area contributed by atoms with E-state index in [1.54, 1.807) is 74.6 Å². The number of hydrogen-bond acceptors (Lipinski definition) is 26. The molecule has 1 atom stereocenters. The van der Waals surface area contributed by atoms with E-state index in [1.165, 1.54) is 7.11 Å². The lowest BCUT2D eigenvalue weighted by atomic mass is 10.0. The smallest absolute Gasteiger partial charge is 0.253 e. The van der Waals surface area contributed by atoms with Crippen LogP contribution in [0.25, 0.3) is 99.8 Å². The minimum atomic E-state index is -0.641. The van der Waals surface area contributed by atoms with Crippen LogP contribution in [0, 0.1) is 20.8 Å². The lowest BCUT2D eigenvalue weighted by molar-refractivity contribution is 0.0545. The molecule has 4 aliphatic rings. The van der Waals surface area contributed by atoms with Gasteiger partial charge in [-0.3, -0.25) is 14.4 Å². The van der Waals surface area contributed by atoms with Gasteiger partial charge >= 0.3 is 0 Å². The van der Waals surface area contributed by atoms with Gasteiger partial charge in [0.05, 0.1) is 61.1 Å². The van der Waals surface area contributed by atoms with Crippen molar-refractivity contribution in [3.05, 3.63) is 174 Å². The summed E-state index contributed by atoms with van der Waals surface area (Å²) < 4.78 is 53.7. The van der Waals surface area contributed by atoms with E-state index in [2.05, 4.69) is 51.2 Å². The van der Waals surface area contributed by atoms with Crippen LogP contribution in [0.2, 0.25) is 0 Å².